The second kappa shape index (κ2) is 9.41. The fraction of sp³-hybridized carbons (Fsp3) is 0.400. The molecule has 2 heterocycles. The van der Waals surface area contributed by atoms with E-state index in [4.69, 9.17) is 16.3 Å². The number of carbonyl (C=O) groups is 2. The van der Waals surface area contributed by atoms with Gasteiger partial charge in [-0.15, -0.1) is 11.3 Å². The Hall–Kier alpha value is -2.09. The van der Waals surface area contributed by atoms with Gasteiger partial charge in [0.2, 0.25) is 5.91 Å². The van der Waals surface area contributed by atoms with Gasteiger partial charge in [0.25, 0.3) is 5.91 Å². The topological polar surface area (TPSA) is 53.1 Å². The molecule has 1 saturated heterocycles. The van der Waals surface area contributed by atoms with Crippen LogP contribution in [0.15, 0.2) is 35.7 Å². The average Bonchev–Trinajstić information content (AvgIpc) is 3.22. The number of halogens is 1. The van der Waals surface area contributed by atoms with Crippen LogP contribution in [0.3, 0.4) is 0 Å². The van der Waals surface area contributed by atoms with Gasteiger partial charge in [-0.05, 0) is 36.7 Å². The Labute approximate surface area is 174 Å². The van der Waals surface area contributed by atoms with Crippen LogP contribution in [-0.4, -0.2) is 73.4 Å². The molecule has 8 heteroatoms. The van der Waals surface area contributed by atoms with E-state index in [1.165, 1.54) is 11.3 Å². The van der Waals surface area contributed by atoms with E-state index in [-0.39, 0.29) is 11.8 Å². The number of amides is 2. The highest BCUT2D eigenvalue weighted by atomic mass is 35.5. The third-order valence-electron chi connectivity index (χ3n) is 4.74. The molecule has 0 saturated carbocycles. The molecule has 2 amide bonds. The number of thiophene rings is 1. The molecule has 0 spiro atoms. The Morgan fingerprint density at radius 3 is 2.54 bits per heavy atom. The molecule has 0 bridgehead atoms. The lowest BCUT2D eigenvalue weighted by Crippen LogP contribution is -2.52. The maximum atomic E-state index is 12.7. The zero-order valence-corrected chi connectivity index (χ0v) is 17.6. The van der Waals surface area contributed by atoms with E-state index in [2.05, 4.69) is 0 Å². The number of rotatable bonds is 6. The highest BCUT2D eigenvalue weighted by Crippen LogP contribution is 2.23. The van der Waals surface area contributed by atoms with Crippen molar-refractivity contribution in [1.29, 1.82) is 0 Å². The van der Waals surface area contributed by atoms with Gasteiger partial charge in [-0.3, -0.25) is 14.5 Å². The van der Waals surface area contributed by atoms with Gasteiger partial charge in [-0.1, -0.05) is 17.7 Å². The van der Waals surface area contributed by atoms with E-state index in [1.54, 1.807) is 13.2 Å². The number of carbonyl (C=O) groups excluding carboxylic acids is 2. The minimum absolute atomic E-state index is 0.0484. The number of benzene rings is 1. The fourth-order valence-corrected chi connectivity index (χ4v) is 4.15. The first-order valence-corrected chi connectivity index (χ1v) is 10.3. The number of likely N-dealkylation sites (N-methyl/N-ethyl adjacent to an activating group) is 1. The van der Waals surface area contributed by atoms with Crippen LogP contribution in [0.25, 0.3) is 0 Å². The Kier molecular flexibility index (Phi) is 6.93. The molecule has 1 aromatic heterocycles. The Morgan fingerprint density at radius 2 is 1.89 bits per heavy atom. The summed E-state index contributed by atoms with van der Waals surface area (Å²) in [6.07, 6.45) is 0. The van der Waals surface area contributed by atoms with Crippen molar-refractivity contribution in [2.45, 2.75) is 6.54 Å². The van der Waals surface area contributed by atoms with Crippen LogP contribution in [0.5, 0.6) is 5.75 Å². The zero-order chi connectivity index (χ0) is 20.1. The first kappa shape index (κ1) is 20.6. The van der Waals surface area contributed by atoms with Crippen molar-refractivity contribution in [2.24, 2.45) is 0 Å². The SMILES string of the molecule is COc1ccc(Cl)cc1CN(C)CC(=O)N1CCN(C(=O)c2cccs2)CC1. The summed E-state index contributed by atoms with van der Waals surface area (Å²) in [6.45, 7) is 3.11. The van der Waals surface area contributed by atoms with Crippen molar-refractivity contribution >= 4 is 34.8 Å². The van der Waals surface area contributed by atoms with E-state index in [0.717, 1.165) is 16.2 Å². The molecule has 150 valence electrons. The molecule has 6 nitrogen and oxygen atoms in total. The highest BCUT2D eigenvalue weighted by molar-refractivity contribution is 7.12. The van der Waals surface area contributed by atoms with Crippen LogP contribution in [-0.2, 0) is 11.3 Å². The van der Waals surface area contributed by atoms with Crippen LogP contribution >= 0.6 is 22.9 Å². The van der Waals surface area contributed by atoms with Crippen molar-refractivity contribution in [2.75, 3.05) is 46.9 Å². The monoisotopic (exact) mass is 421 g/mol. The smallest absolute Gasteiger partial charge is 0.264 e. The van der Waals surface area contributed by atoms with Crippen molar-refractivity contribution < 1.29 is 14.3 Å². The summed E-state index contributed by atoms with van der Waals surface area (Å²) in [5, 5.41) is 2.54. The van der Waals surface area contributed by atoms with Crippen LogP contribution in [0.1, 0.15) is 15.2 Å². The van der Waals surface area contributed by atoms with E-state index < -0.39 is 0 Å². The van der Waals surface area contributed by atoms with Gasteiger partial charge in [0, 0.05) is 43.3 Å². The quantitative estimate of drug-likeness (QED) is 0.719. The summed E-state index contributed by atoms with van der Waals surface area (Å²) < 4.78 is 5.37. The van der Waals surface area contributed by atoms with Crippen LogP contribution in [0.2, 0.25) is 5.02 Å². The van der Waals surface area contributed by atoms with Crippen LogP contribution in [0.4, 0.5) is 0 Å². The lowest BCUT2D eigenvalue weighted by Gasteiger charge is -2.35. The molecule has 1 aliphatic heterocycles. The van der Waals surface area contributed by atoms with Crippen LogP contribution in [0, 0.1) is 0 Å². The lowest BCUT2D eigenvalue weighted by atomic mass is 10.2. The molecule has 28 heavy (non-hydrogen) atoms. The number of hydrogen-bond acceptors (Lipinski definition) is 5. The zero-order valence-electron chi connectivity index (χ0n) is 16.1. The average molecular weight is 422 g/mol. The summed E-state index contributed by atoms with van der Waals surface area (Å²) in [6, 6.07) is 9.19. The molecule has 1 aliphatic rings. The van der Waals surface area contributed by atoms with Gasteiger partial charge in [0.1, 0.15) is 5.75 Å². The predicted molar refractivity (Wildman–Crippen MR) is 111 cm³/mol. The van der Waals surface area contributed by atoms with Crippen molar-refractivity contribution in [3.05, 3.63) is 51.2 Å². The molecule has 1 fully saturated rings. The molecule has 3 rings (SSSR count). The minimum atomic E-state index is 0.0484. The van der Waals surface area contributed by atoms with E-state index in [1.807, 2.05) is 51.4 Å². The van der Waals surface area contributed by atoms with Crippen molar-refractivity contribution in [3.63, 3.8) is 0 Å². The highest BCUT2D eigenvalue weighted by Gasteiger charge is 2.25. The van der Waals surface area contributed by atoms with E-state index in [0.29, 0.717) is 44.3 Å². The van der Waals surface area contributed by atoms with E-state index in [9.17, 15) is 9.59 Å². The maximum Gasteiger partial charge on any atom is 0.264 e. The Morgan fingerprint density at radius 1 is 1.18 bits per heavy atom. The predicted octanol–water partition coefficient (Wildman–Crippen LogP) is 2.83. The van der Waals surface area contributed by atoms with Crippen molar-refractivity contribution in [3.8, 4) is 5.75 Å². The van der Waals surface area contributed by atoms with Crippen molar-refractivity contribution in [1.82, 2.24) is 14.7 Å². The Balaban J connectivity index is 1.50. The van der Waals surface area contributed by atoms with Crippen LogP contribution < -0.4 is 4.74 Å². The molecular formula is C20H24ClN3O3S. The number of methoxy groups -OCH3 is 1. The first-order chi connectivity index (χ1) is 13.5. The molecule has 0 aliphatic carbocycles. The van der Waals surface area contributed by atoms with Gasteiger partial charge >= 0.3 is 0 Å². The van der Waals surface area contributed by atoms with E-state index >= 15 is 0 Å². The summed E-state index contributed by atoms with van der Waals surface area (Å²) in [7, 11) is 3.52. The van der Waals surface area contributed by atoms with Gasteiger partial charge in [-0.2, -0.15) is 0 Å². The minimum Gasteiger partial charge on any atom is -0.496 e. The molecule has 1 aromatic carbocycles. The van der Waals surface area contributed by atoms with Gasteiger partial charge < -0.3 is 14.5 Å². The summed E-state index contributed by atoms with van der Waals surface area (Å²) in [4.78, 5) is 31.4. The largest absolute Gasteiger partial charge is 0.496 e. The molecule has 0 atom stereocenters. The number of hydrogen-bond donors (Lipinski definition) is 0. The summed E-state index contributed by atoms with van der Waals surface area (Å²) >= 11 is 7.53. The number of nitrogens with zero attached hydrogens (tertiary/aromatic N) is 3. The van der Waals surface area contributed by atoms with Gasteiger partial charge in [-0.25, -0.2) is 0 Å². The molecule has 2 aromatic rings. The number of piperazine rings is 1. The third kappa shape index (κ3) is 5.04. The second-order valence-corrected chi connectivity index (χ2v) is 8.16. The summed E-state index contributed by atoms with van der Waals surface area (Å²) in [5.74, 6) is 0.864. The van der Waals surface area contributed by atoms with Gasteiger partial charge in [0.05, 0.1) is 18.5 Å². The molecule has 0 unspecified atom stereocenters. The molecule has 0 radical (unpaired) electrons. The summed E-state index contributed by atoms with van der Waals surface area (Å²) in [5.41, 5.74) is 0.941. The normalized spacial score (nSPS) is 14.4. The number of ether oxygens (including phenoxy) is 1. The maximum absolute atomic E-state index is 12.7. The lowest BCUT2D eigenvalue weighted by molar-refractivity contribution is -0.133. The molecular weight excluding hydrogens is 398 g/mol. The second-order valence-electron chi connectivity index (χ2n) is 6.78. The molecule has 0 N–H and O–H groups in total. The standard InChI is InChI=1S/C20H24ClN3O3S/c1-22(13-15-12-16(21)5-6-17(15)27-2)14-19(25)23-7-9-24(10-8-23)20(26)18-4-3-11-28-18/h3-6,11-12H,7-10,13-14H2,1-2H3. The fourth-order valence-electron chi connectivity index (χ4n) is 3.26. The first-order valence-electron chi connectivity index (χ1n) is 9.09. The Bertz CT molecular complexity index is 820. The van der Waals surface area contributed by atoms with Gasteiger partial charge in [0.15, 0.2) is 0 Å². The third-order valence-corrected chi connectivity index (χ3v) is 5.83.